The maximum atomic E-state index is 9.67. The maximum Gasteiger partial charge on any atom is 0.0992 e. The summed E-state index contributed by atoms with van der Waals surface area (Å²) in [5.41, 5.74) is 10.9. The third kappa shape index (κ3) is 3.79. The zero-order chi connectivity index (χ0) is 27.3. The first-order chi connectivity index (χ1) is 20.3. The van der Waals surface area contributed by atoms with Gasteiger partial charge in [-0.05, 0) is 107 Å². The fraction of sp³-hybridized carbons (Fsp3) is 0.132. The molecule has 8 rings (SSSR count). The second kappa shape index (κ2) is 9.54. The van der Waals surface area contributed by atoms with E-state index in [1.807, 2.05) is 24.3 Å². The first kappa shape index (κ1) is 23.8. The van der Waals surface area contributed by atoms with E-state index in [1.165, 1.54) is 56.0 Å². The van der Waals surface area contributed by atoms with E-state index < -0.39 is 0 Å². The van der Waals surface area contributed by atoms with Gasteiger partial charge in [-0.25, -0.2) is 0 Å². The Morgan fingerprint density at radius 3 is 2.37 bits per heavy atom. The summed E-state index contributed by atoms with van der Waals surface area (Å²) in [6.07, 6.45) is 4.40. The fourth-order valence-electron chi connectivity index (χ4n) is 7.05. The van der Waals surface area contributed by atoms with Gasteiger partial charge in [0.2, 0.25) is 0 Å². The number of fused-ring (bicyclic) bond motifs is 1. The molecule has 0 fully saturated rings. The van der Waals surface area contributed by atoms with Gasteiger partial charge < -0.3 is 9.80 Å². The smallest absolute Gasteiger partial charge is 0.0992 e. The van der Waals surface area contributed by atoms with Crippen LogP contribution in [0.3, 0.4) is 0 Å². The Labute approximate surface area is 240 Å². The van der Waals surface area contributed by atoms with Crippen LogP contribution in [0.2, 0.25) is 0 Å². The molecule has 0 atom stereocenters. The summed E-state index contributed by atoms with van der Waals surface area (Å²) in [6.45, 7) is 1.05. The van der Waals surface area contributed by atoms with Gasteiger partial charge in [0.25, 0.3) is 0 Å². The predicted molar refractivity (Wildman–Crippen MR) is 170 cm³/mol. The molecule has 0 unspecified atom stereocenters. The van der Waals surface area contributed by atoms with Gasteiger partial charge in [0.15, 0.2) is 0 Å². The van der Waals surface area contributed by atoms with E-state index in [0.717, 1.165) is 42.9 Å². The van der Waals surface area contributed by atoms with Crippen LogP contribution < -0.4 is 9.80 Å². The van der Waals surface area contributed by atoms with Crippen molar-refractivity contribution in [3.05, 3.63) is 138 Å². The summed E-state index contributed by atoms with van der Waals surface area (Å²) in [5.74, 6) is 0. The van der Waals surface area contributed by atoms with Crippen molar-refractivity contribution in [3.8, 4) is 6.07 Å². The van der Waals surface area contributed by atoms with Gasteiger partial charge in [-0.2, -0.15) is 5.26 Å². The molecule has 0 radical (unpaired) electrons. The van der Waals surface area contributed by atoms with E-state index in [2.05, 4.69) is 107 Å². The lowest BCUT2D eigenvalue weighted by molar-refractivity contribution is 0.763. The van der Waals surface area contributed by atoms with Crippen LogP contribution in [-0.4, -0.2) is 6.54 Å². The number of hydrogen-bond acceptors (Lipinski definition) is 3. The van der Waals surface area contributed by atoms with Crippen molar-refractivity contribution in [3.63, 3.8) is 0 Å². The number of anilines is 5. The quantitative estimate of drug-likeness (QED) is 0.214. The summed E-state index contributed by atoms with van der Waals surface area (Å²) < 4.78 is 0. The number of rotatable bonds is 4. The Morgan fingerprint density at radius 1 is 0.634 bits per heavy atom. The molecule has 2 aliphatic rings. The molecular weight excluding hydrogens is 498 g/mol. The van der Waals surface area contributed by atoms with Crippen LogP contribution in [-0.2, 0) is 19.3 Å². The van der Waals surface area contributed by atoms with Crippen LogP contribution in [0.5, 0.6) is 0 Å². The number of hydrogen-bond donors (Lipinski definition) is 0. The van der Waals surface area contributed by atoms with Crippen LogP contribution in [0.25, 0.3) is 21.5 Å². The van der Waals surface area contributed by atoms with Gasteiger partial charge in [0.05, 0.1) is 17.3 Å². The van der Waals surface area contributed by atoms with E-state index in [1.54, 1.807) is 0 Å². The Morgan fingerprint density at radius 2 is 1.46 bits per heavy atom. The molecule has 0 aromatic heterocycles. The number of nitrogens with zero attached hydrogens (tertiary/aromatic N) is 3. The van der Waals surface area contributed by atoms with Crippen LogP contribution in [0.4, 0.5) is 28.4 Å². The number of para-hydroxylation sites is 2. The van der Waals surface area contributed by atoms with Gasteiger partial charge in [-0.1, -0.05) is 66.7 Å². The third-order valence-corrected chi connectivity index (χ3v) is 8.84. The third-order valence-electron chi connectivity index (χ3n) is 8.84. The van der Waals surface area contributed by atoms with E-state index in [0.29, 0.717) is 5.56 Å². The molecule has 0 N–H and O–H groups in total. The summed E-state index contributed by atoms with van der Waals surface area (Å²) in [4.78, 5) is 4.86. The molecule has 1 aliphatic heterocycles. The molecule has 6 aromatic carbocycles. The highest BCUT2D eigenvalue weighted by Crippen LogP contribution is 2.47. The van der Waals surface area contributed by atoms with Crippen molar-refractivity contribution in [2.24, 2.45) is 0 Å². The van der Waals surface area contributed by atoms with E-state index >= 15 is 0 Å². The van der Waals surface area contributed by atoms with Gasteiger partial charge >= 0.3 is 0 Å². The van der Waals surface area contributed by atoms with Crippen molar-refractivity contribution in [2.45, 2.75) is 25.7 Å². The molecule has 6 aromatic rings. The molecule has 0 saturated heterocycles. The first-order valence-corrected chi connectivity index (χ1v) is 14.5. The molecule has 0 saturated carbocycles. The van der Waals surface area contributed by atoms with Crippen LogP contribution in [0.15, 0.2) is 115 Å². The highest BCUT2D eigenvalue weighted by Gasteiger charge is 2.26. The molecule has 196 valence electrons. The number of benzene rings is 6. The van der Waals surface area contributed by atoms with Crippen LogP contribution in [0, 0.1) is 11.3 Å². The zero-order valence-corrected chi connectivity index (χ0v) is 22.8. The summed E-state index contributed by atoms with van der Waals surface area (Å²) in [5, 5.41) is 15.0. The minimum atomic E-state index is 0.657. The summed E-state index contributed by atoms with van der Waals surface area (Å²) in [7, 11) is 0. The van der Waals surface area contributed by atoms with Gasteiger partial charge in [0.1, 0.15) is 0 Å². The Kier molecular flexibility index (Phi) is 5.53. The lowest BCUT2D eigenvalue weighted by Crippen LogP contribution is -2.26. The minimum absolute atomic E-state index is 0.657. The van der Waals surface area contributed by atoms with Crippen LogP contribution in [0.1, 0.15) is 28.7 Å². The second-order valence-electron chi connectivity index (χ2n) is 11.1. The zero-order valence-electron chi connectivity index (χ0n) is 22.8. The number of aryl methyl sites for hydroxylation is 3. The molecule has 1 heterocycles. The lowest BCUT2D eigenvalue weighted by atomic mass is 9.84. The lowest BCUT2D eigenvalue weighted by Gasteiger charge is -2.35. The largest absolute Gasteiger partial charge is 0.341 e. The Hall–Kier alpha value is -5.07. The highest BCUT2D eigenvalue weighted by atomic mass is 15.1. The first-order valence-electron chi connectivity index (χ1n) is 14.5. The predicted octanol–water partition coefficient (Wildman–Crippen LogP) is 9.52. The molecule has 0 spiro atoms. The molecule has 3 nitrogen and oxygen atoms in total. The highest BCUT2D eigenvalue weighted by molar-refractivity contribution is 6.17. The maximum absolute atomic E-state index is 9.67. The monoisotopic (exact) mass is 527 g/mol. The topological polar surface area (TPSA) is 30.3 Å². The molecule has 0 amide bonds. The van der Waals surface area contributed by atoms with Gasteiger partial charge in [-0.3, -0.25) is 0 Å². The molecule has 0 bridgehead atoms. The Bertz CT molecular complexity index is 2000. The summed E-state index contributed by atoms with van der Waals surface area (Å²) in [6, 6.07) is 43.5. The van der Waals surface area contributed by atoms with Crippen molar-refractivity contribution in [2.75, 3.05) is 16.3 Å². The molecule has 41 heavy (non-hydrogen) atoms. The van der Waals surface area contributed by atoms with Crippen molar-refractivity contribution in [1.29, 1.82) is 5.26 Å². The average Bonchev–Trinajstić information content (AvgIpc) is 3.04. The molecule has 3 heteroatoms. The molecule has 1 aliphatic carbocycles. The van der Waals surface area contributed by atoms with E-state index in [9.17, 15) is 5.26 Å². The van der Waals surface area contributed by atoms with Crippen LogP contribution >= 0.6 is 0 Å². The van der Waals surface area contributed by atoms with Gasteiger partial charge in [0, 0.05) is 34.7 Å². The second-order valence-corrected chi connectivity index (χ2v) is 11.1. The minimum Gasteiger partial charge on any atom is -0.341 e. The number of nitriles is 1. The molecular formula is C38H29N3. The SMILES string of the molecule is N#Cc1cccc(N(c2ccccc2)c2ccc3c4c2ccc2ccc(N5CCCc6ccccc65)c(c24)CC3)c1. The Balaban J connectivity index is 1.39. The summed E-state index contributed by atoms with van der Waals surface area (Å²) >= 11 is 0. The normalized spacial score (nSPS) is 13.8. The van der Waals surface area contributed by atoms with E-state index in [4.69, 9.17) is 0 Å². The average molecular weight is 528 g/mol. The van der Waals surface area contributed by atoms with Crippen molar-refractivity contribution in [1.82, 2.24) is 0 Å². The fourth-order valence-corrected chi connectivity index (χ4v) is 7.05. The van der Waals surface area contributed by atoms with Crippen molar-refractivity contribution >= 4 is 50.0 Å². The standard InChI is InChI=1S/C38H29N3/c39-25-26-8-6-13-31(24-26)41(30-11-2-1-3-12-30)36-22-18-29-15-19-32-35(21-17-28-16-20-33(36)38(29)37(28)32)40-23-7-10-27-9-4-5-14-34(27)40/h1-6,8-9,11-14,16-18,20-22,24H,7,10,15,19,23H2. The van der Waals surface area contributed by atoms with Crippen molar-refractivity contribution < 1.29 is 0 Å². The van der Waals surface area contributed by atoms with E-state index in [-0.39, 0.29) is 0 Å². The van der Waals surface area contributed by atoms with Gasteiger partial charge in [-0.15, -0.1) is 0 Å².